The van der Waals surface area contributed by atoms with Crippen molar-refractivity contribution in [2.24, 2.45) is 0 Å². The van der Waals surface area contributed by atoms with Crippen molar-refractivity contribution in [1.82, 2.24) is 4.98 Å². The average Bonchev–Trinajstić information content (AvgIpc) is 2.39. The van der Waals surface area contributed by atoms with Gasteiger partial charge in [0, 0.05) is 6.20 Å². The zero-order valence-corrected chi connectivity index (χ0v) is 11.0. The highest BCUT2D eigenvalue weighted by molar-refractivity contribution is 6.31. The van der Waals surface area contributed by atoms with E-state index in [-0.39, 0.29) is 16.4 Å². The Morgan fingerprint density at radius 2 is 1.90 bits per heavy atom. The van der Waals surface area contributed by atoms with Crippen LogP contribution < -0.4 is 5.73 Å². The molecule has 0 aliphatic heterocycles. The van der Waals surface area contributed by atoms with Gasteiger partial charge in [-0.1, -0.05) is 17.7 Å². The summed E-state index contributed by atoms with van der Waals surface area (Å²) in [6.45, 7) is 0. The predicted octanol–water partition coefficient (Wildman–Crippen LogP) is 3.71. The largest absolute Gasteiger partial charge is 0.419 e. The Kier molecular flexibility index (Phi) is 3.87. The second-order valence-electron chi connectivity index (χ2n) is 4.08. The molecule has 0 fully saturated rings. The Labute approximate surface area is 121 Å². The van der Waals surface area contributed by atoms with Gasteiger partial charge in [-0.3, -0.25) is 4.79 Å². The molecule has 0 aliphatic rings. The van der Waals surface area contributed by atoms with Gasteiger partial charge in [0.1, 0.15) is 11.6 Å². The van der Waals surface area contributed by atoms with Gasteiger partial charge in [-0.15, -0.1) is 0 Å². The van der Waals surface area contributed by atoms with Gasteiger partial charge in [0.05, 0.1) is 21.7 Å². The number of pyridine rings is 1. The van der Waals surface area contributed by atoms with E-state index in [1.807, 2.05) is 0 Å². The number of aromatic nitrogens is 1. The van der Waals surface area contributed by atoms with Crippen molar-refractivity contribution in [3.63, 3.8) is 0 Å². The molecule has 1 aromatic heterocycles. The summed E-state index contributed by atoms with van der Waals surface area (Å²) in [5.41, 5.74) is 2.93. The molecule has 0 amide bonds. The topological polar surface area (TPSA) is 56.0 Å². The molecule has 0 spiro atoms. The Balaban J connectivity index is 2.57. The molecule has 2 aromatic rings. The van der Waals surface area contributed by atoms with E-state index < -0.39 is 28.9 Å². The van der Waals surface area contributed by atoms with E-state index in [0.717, 1.165) is 24.4 Å². The lowest BCUT2D eigenvalue weighted by atomic mass is 10.0. The zero-order valence-electron chi connectivity index (χ0n) is 10.2. The number of alkyl halides is 3. The van der Waals surface area contributed by atoms with Crippen molar-refractivity contribution in [2.45, 2.75) is 6.18 Å². The van der Waals surface area contributed by atoms with E-state index >= 15 is 0 Å². The molecule has 0 bridgehead atoms. The summed E-state index contributed by atoms with van der Waals surface area (Å²) in [4.78, 5) is 15.7. The Bertz CT molecular complexity index is 716. The summed E-state index contributed by atoms with van der Waals surface area (Å²) in [7, 11) is 0. The summed E-state index contributed by atoms with van der Waals surface area (Å²) in [5, 5.41) is 0.0555. The normalized spacial score (nSPS) is 11.5. The molecule has 2 N–H and O–H groups in total. The van der Waals surface area contributed by atoms with Gasteiger partial charge in [-0.25, -0.2) is 9.37 Å². The number of carbonyl (C=O) groups is 1. The molecule has 21 heavy (non-hydrogen) atoms. The average molecular weight is 319 g/mol. The predicted molar refractivity (Wildman–Crippen MR) is 68.5 cm³/mol. The van der Waals surface area contributed by atoms with E-state index in [0.29, 0.717) is 6.07 Å². The van der Waals surface area contributed by atoms with Crippen LogP contribution in [0.3, 0.4) is 0 Å². The molecule has 0 unspecified atom stereocenters. The first-order valence-electron chi connectivity index (χ1n) is 5.53. The first-order valence-corrected chi connectivity index (χ1v) is 5.91. The van der Waals surface area contributed by atoms with Gasteiger partial charge in [0.25, 0.3) is 0 Å². The van der Waals surface area contributed by atoms with Crippen molar-refractivity contribution >= 4 is 23.2 Å². The molecular weight excluding hydrogens is 312 g/mol. The van der Waals surface area contributed by atoms with Crippen molar-refractivity contribution in [3.05, 3.63) is 58.0 Å². The minimum atomic E-state index is -4.90. The lowest BCUT2D eigenvalue weighted by Crippen LogP contribution is -2.14. The third-order valence-electron chi connectivity index (χ3n) is 2.68. The van der Waals surface area contributed by atoms with Crippen LogP contribution in [0.2, 0.25) is 5.02 Å². The summed E-state index contributed by atoms with van der Waals surface area (Å²) < 4.78 is 51.8. The minimum absolute atomic E-state index is 0.0555. The summed E-state index contributed by atoms with van der Waals surface area (Å²) in [6, 6.07) is 3.54. The fraction of sp³-hybridized carbons (Fsp3) is 0.0769. The van der Waals surface area contributed by atoms with Crippen LogP contribution in [-0.4, -0.2) is 10.8 Å². The second kappa shape index (κ2) is 5.33. The Morgan fingerprint density at radius 3 is 2.52 bits per heavy atom. The Morgan fingerprint density at radius 1 is 1.24 bits per heavy atom. The molecule has 1 aromatic carbocycles. The number of carbonyl (C=O) groups excluding carboxylic acids is 1. The molecule has 2 rings (SSSR count). The molecular formula is C13H7ClF4N2O. The van der Waals surface area contributed by atoms with Gasteiger partial charge >= 0.3 is 6.18 Å². The Hall–Kier alpha value is -2.15. The highest BCUT2D eigenvalue weighted by Crippen LogP contribution is 2.33. The lowest BCUT2D eigenvalue weighted by Gasteiger charge is -2.11. The third kappa shape index (κ3) is 2.97. The van der Waals surface area contributed by atoms with Crippen LogP contribution in [-0.2, 0) is 6.18 Å². The molecule has 1 heterocycles. The highest BCUT2D eigenvalue weighted by Gasteiger charge is 2.36. The number of nitrogens with zero attached hydrogens (tertiary/aromatic N) is 1. The molecule has 0 aliphatic carbocycles. The quantitative estimate of drug-likeness (QED) is 0.678. The van der Waals surface area contributed by atoms with Crippen molar-refractivity contribution in [1.29, 1.82) is 0 Å². The van der Waals surface area contributed by atoms with Crippen LogP contribution in [0.5, 0.6) is 0 Å². The maximum atomic E-state index is 13.9. The fourth-order valence-electron chi connectivity index (χ4n) is 1.70. The number of benzene rings is 1. The van der Waals surface area contributed by atoms with Gasteiger partial charge in [-0.05, 0) is 18.2 Å². The first-order chi connectivity index (χ1) is 9.71. The number of ketones is 1. The molecule has 0 atom stereocenters. The molecule has 8 heteroatoms. The molecule has 110 valence electrons. The van der Waals surface area contributed by atoms with Crippen molar-refractivity contribution in [2.75, 3.05) is 5.73 Å². The summed E-state index contributed by atoms with van der Waals surface area (Å²) >= 11 is 5.65. The third-order valence-corrected chi connectivity index (χ3v) is 2.89. The zero-order chi connectivity index (χ0) is 15.8. The van der Waals surface area contributed by atoms with Gasteiger partial charge in [0.15, 0.2) is 5.78 Å². The molecule has 3 nitrogen and oxygen atoms in total. The number of hydrogen-bond acceptors (Lipinski definition) is 3. The van der Waals surface area contributed by atoms with E-state index in [2.05, 4.69) is 4.98 Å². The van der Waals surface area contributed by atoms with Crippen LogP contribution in [0.25, 0.3) is 0 Å². The van der Waals surface area contributed by atoms with Crippen molar-refractivity contribution in [3.8, 4) is 0 Å². The molecule has 0 saturated carbocycles. The van der Waals surface area contributed by atoms with E-state index in [1.165, 1.54) is 0 Å². The van der Waals surface area contributed by atoms with Crippen molar-refractivity contribution < 1.29 is 22.4 Å². The van der Waals surface area contributed by atoms with Crippen LogP contribution in [0.1, 0.15) is 21.5 Å². The molecule has 0 radical (unpaired) electrons. The minimum Gasteiger partial charge on any atom is -0.383 e. The number of halogens is 5. The smallest absolute Gasteiger partial charge is 0.383 e. The number of nitrogen functional groups attached to an aromatic ring is 1. The van der Waals surface area contributed by atoms with Crippen LogP contribution in [0, 0.1) is 5.82 Å². The van der Waals surface area contributed by atoms with Crippen LogP contribution in [0.15, 0.2) is 30.5 Å². The van der Waals surface area contributed by atoms with E-state index in [4.69, 9.17) is 17.3 Å². The SMILES string of the molecule is Nc1ncc(Cl)cc1C(=O)c1cccc(C(F)(F)F)c1F. The van der Waals surface area contributed by atoms with Gasteiger partial charge in [0.2, 0.25) is 0 Å². The number of rotatable bonds is 2. The van der Waals surface area contributed by atoms with E-state index in [9.17, 15) is 22.4 Å². The van der Waals surface area contributed by atoms with Gasteiger partial charge < -0.3 is 5.73 Å². The standard InChI is InChI=1S/C13H7ClF4N2O/c14-6-4-8(12(19)20-5-6)11(21)7-2-1-3-9(10(7)15)13(16,17)18/h1-5H,(H2,19,20). The van der Waals surface area contributed by atoms with Gasteiger partial charge in [-0.2, -0.15) is 13.2 Å². The summed E-state index contributed by atoms with van der Waals surface area (Å²) in [5.74, 6) is -2.93. The van der Waals surface area contributed by atoms with E-state index in [1.54, 1.807) is 0 Å². The number of nitrogens with two attached hydrogens (primary N) is 1. The van der Waals surface area contributed by atoms with Crippen LogP contribution >= 0.6 is 11.6 Å². The highest BCUT2D eigenvalue weighted by atomic mass is 35.5. The fourth-order valence-corrected chi connectivity index (χ4v) is 1.86. The molecule has 0 saturated heterocycles. The maximum Gasteiger partial charge on any atom is 0.419 e. The number of anilines is 1. The second-order valence-corrected chi connectivity index (χ2v) is 4.52. The lowest BCUT2D eigenvalue weighted by molar-refractivity contribution is -0.140. The maximum absolute atomic E-state index is 13.9. The summed E-state index contributed by atoms with van der Waals surface area (Å²) in [6.07, 6.45) is -3.74. The number of hydrogen-bond donors (Lipinski definition) is 1. The van der Waals surface area contributed by atoms with Crippen LogP contribution in [0.4, 0.5) is 23.4 Å². The first kappa shape index (κ1) is 15.2. The monoisotopic (exact) mass is 318 g/mol.